The largest absolute Gasteiger partial charge is 0.461 e. The summed E-state index contributed by atoms with van der Waals surface area (Å²) in [5.74, 6) is -0.488. The quantitative estimate of drug-likeness (QED) is 0.514. The highest BCUT2D eigenvalue weighted by molar-refractivity contribution is 5.75. The van der Waals surface area contributed by atoms with Crippen LogP contribution < -0.4 is 0 Å². The van der Waals surface area contributed by atoms with Crippen molar-refractivity contribution in [2.45, 2.75) is 57.3 Å². The third kappa shape index (κ3) is 1.56. The van der Waals surface area contributed by atoms with E-state index in [1.165, 1.54) is 0 Å². The van der Waals surface area contributed by atoms with Crippen molar-refractivity contribution in [2.24, 2.45) is 17.8 Å². The van der Waals surface area contributed by atoms with Gasteiger partial charge in [0.25, 0.3) is 0 Å². The number of hydrogen-bond acceptors (Lipinski definition) is 4. The van der Waals surface area contributed by atoms with Crippen molar-refractivity contribution in [3.8, 4) is 0 Å². The van der Waals surface area contributed by atoms with Crippen molar-refractivity contribution < 1.29 is 19.7 Å². The monoisotopic (exact) mass is 266 g/mol. The van der Waals surface area contributed by atoms with E-state index in [1.807, 2.05) is 19.9 Å². The van der Waals surface area contributed by atoms with E-state index in [9.17, 15) is 15.0 Å². The second-order valence-electron chi connectivity index (χ2n) is 6.72. The van der Waals surface area contributed by atoms with Crippen LogP contribution in [0.15, 0.2) is 11.6 Å². The van der Waals surface area contributed by atoms with E-state index >= 15 is 0 Å². The van der Waals surface area contributed by atoms with Crippen molar-refractivity contribution in [1.29, 1.82) is 0 Å². The van der Waals surface area contributed by atoms with E-state index in [0.29, 0.717) is 12.8 Å². The molecule has 2 N–H and O–H groups in total. The molecular formula is C15H22O4. The number of fused-ring (bicyclic) bond motifs is 3. The Hall–Kier alpha value is -0.870. The molecule has 6 atom stereocenters. The van der Waals surface area contributed by atoms with Crippen molar-refractivity contribution >= 4 is 5.97 Å². The summed E-state index contributed by atoms with van der Waals surface area (Å²) < 4.78 is 5.55. The van der Waals surface area contributed by atoms with Gasteiger partial charge < -0.3 is 14.9 Å². The van der Waals surface area contributed by atoms with Gasteiger partial charge in [-0.15, -0.1) is 0 Å². The number of hydrogen-bond donors (Lipinski definition) is 2. The summed E-state index contributed by atoms with van der Waals surface area (Å²) in [6, 6.07) is 0. The Labute approximate surface area is 113 Å². The highest BCUT2D eigenvalue weighted by atomic mass is 16.6. The van der Waals surface area contributed by atoms with Crippen LogP contribution in [0.5, 0.6) is 0 Å². The maximum absolute atomic E-state index is 11.8. The van der Waals surface area contributed by atoms with Gasteiger partial charge in [-0.3, -0.25) is 4.79 Å². The molecule has 106 valence electrons. The summed E-state index contributed by atoms with van der Waals surface area (Å²) >= 11 is 0. The Balaban J connectivity index is 2.06. The van der Waals surface area contributed by atoms with Gasteiger partial charge in [-0.05, 0) is 33.1 Å². The molecule has 4 heteroatoms. The molecule has 6 unspecified atom stereocenters. The van der Waals surface area contributed by atoms with Crippen molar-refractivity contribution in [1.82, 2.24) is 0 Å². The molecule has 4 nitrogen and oxygen atoms in total. The van der Waals surface area contributed by atoms with E-state index in [0.717, 1.165) is 12.0 Å². The number of rotatable bonds is 0. The summed E-state index contributed by atoms with van der Waals surface area (Å²) in [5, 5.41) is 21.7. The highest BCUT2D eigenvalue weighted by Gasteiger charge is 2.62. The van der Waals surface area contributed by atoms with E-state index < -0.39 is 11.2 Å². The van der Waals surface area contributed by atoms with Crippen LogP contribution in [-0.2, 0) is 9.53 Å². The summed E-state index contributed by atoms with van der Waals surface area (Å²) in [4.78, 5) is 11.8. The molecule has 1 aliphatic heterocycles. The predicted molar refractivity (Wildman–Crippen MR) is 69.2 cm³/mol. The van der Waals surface area contributed by atoms with E-state index in [-0.39, 0.29) is 29.8 Å². The third-order valence-corrected chi connectivity index (χ3v) is 5.65. The van der Waals surface area contributed by atoms with E-state index in [1.54, 1.807) is 6.92 Å². The summed E-state index contributed by atoms with van der Waals surface area (Å²) in [5.41, 5.74) is -1.31. The Kier molecular flexibility index (Phi) is 2.64. The van der Waals surface area contributed by atoms with Gasteiger partial charge in [-0.2, -0.15) is 0 Å². The highest BCUT2D eigenvalue weighted by Crippen LogP contribution is 2.54. The molecule has 3 rings (SSSR count). The Morgan fingerprint density at radius 1 is 1.42 bits per heavy atom. The van der Waals surface area contributed by atoms with Crippen LogP contribution in [0.1, 0.15) is 40.0 Å². The zero-order chi connectivity index (χ0) is 14.0. The van der Waals surface area contributed by atoms with Crippen LogP contribution in [0.25, 0.3) is 0 Å². The van der Waals surface area contributed by atoms with Gasteiger partial charge in [0.05, 0.1) is 11.5 Å². The van der Waals surface area contributed by atoms with Crippen LogP contribution in [0, 0.1) is 17.8 Å². The minimum atomic E-state index is -1.21. The Morgan fingerprint density at radius 3 is 2.79 bits per heavy atom. The topological polar surface area (TPSA) is 66.8 Å². The molecule has 1 saturated carbocycles. The first-order chi connectivity index (χ1) is 8.78. The molecule has 0 aromatic carbocycles. The lowest BCUT2D eigenvalue weighted by Gasteiger charge is -2.43. The summed E-state index contributed by atoms with van der Waals surface area (Å²) in [6.45, 7) is 5.55. The first-order valence-corrected chi connectivity index (χ1v) is 7.10. The number of carbonyl (C=O) groups excluding carboxylic acids is 1. The third-order valence-electron chi connectivity index (χ3n) is 5.65. The summed E-state index contributed by atoms with van der Waals surface area (Å²) in [7, 11) is 0. The van der Waals surface area contributed by atoms with E-state index in [4.69, 9.17) is 4.74 Å². The van der Waals surface area contributed by atoms with Gasteiger partial charge in [-0.25, -0.2) is 0 Å². The maximum Gasteiger partial charge on any atom is 0.309 e. The molecule has 19 heavy (non-hydrogen) atoms. The SMILES string of the molecule is CC1=CCC2(O)C1C1OC(=O)C(C)C1CCC2(C)O. The lowest BCUT2D eigenvalue weighted by molar-refractivity contribution is -0.176. The fourth-order valence-corrected chi connectivity index (χ4v) is 4.21. The van der Waals surface area contributed by atoms with Crippen LogP contribution in [0.3, 0.4) is 0 Å². The zero-order valence-electron chi connectivity index (χ0n) is 11.7. The molecule has 1 saturated heterocycles. The Bertz CT molecular complexity index is 453. The smallest absolute Gasteiger partial charge is 0.309 e. The molecule has 0 spiro atoms. The predicted octanol–water partition coefficient (Wildman–Crippen LogP) is 1.41. The fourth-order valence-electron chi connectivity index (χ4n) is 4.21. The van der Waals surface area contributed by atoms with Crippen molar-refractivity contribution in [3.63, 3.8) is 0 Å². The van der Waals surface area contributed by atoms with Crippen LogP contribution in [0.4, 0.5) is 0 Å². The molecule has 2 fully saturated rings. The zero-order valence-corrected chi connectivity index (χ0v) is 11.7. The second kappa shape index (κ2) is 3.83. The summed E-state index contributed by atoms with van der Waals surface area (Å²) in [6.07, 6.45) is 3.34. The first kappa shape index (κ1) is 13.1. The molecule has 0 bridgehead atoms. The van der Waals surface area contributed by atoms with Crippen LogP contribution >= 0.6 is 0 Å². The molecule has 0 radical (unpaired) electrons. The van der Waals surface area contributed by atoms with Gasteiger partial charge in [0.15, 0.2) is 0 Å². The van der Waals surface area contributed by atoms with Gasteiger partial charge >= 0.3 is 5.97 Å². The van der Waals surface area contributed by atoms with Crippen molar-refractivity contribution in [2.75, 3.05) is 0 Å². The van der Waals surface area contributed by atoms with Gasteiger partial charge in [0, 0.05) is 11.8 Å². The number of carbonyl (C=O) groups is 1. The van der Waals surface area contributed by atoms with Gasteiger partial charge in [-0.1, -0.05) is 18.6 Å². The standard InChI is InChI=1S/C15H22O4/c1-8-4-7-15(18)11(8)12-10(5-6-14(15,3)17)9(2)13(16)19-12/h4,9-12,17-18H,5-7H2,1-3H3. The molecule has 2 aliphatic carbocycles. The average Bonchev–Trinajstić information content (AvgIpc) is 2.75. The molecule has 0 aromatic rings. The van der Waals surface area contributed by atoms with Crippen molar-refractivity contribution in [3.05, 3.63) is 11.6 Å². The average molecular weight is 266 g/mol. The number of ether oxygens (including phenoxy) is 1. The fraction of sp³-hybridized carbons (Fsp3) is 0.800. The molecule has 0 aromatic heterocycles. The number of esters is 1. The lowest BCUT2D eigenvalue weighted by Crippen LogP contribution is -2.56. The molecule has 3 aliphatic rings. The molecular weight excluding hydrogens is 244 g/mol. The minimum absolute atomic E-state index is 0.0967. The number of aliphatic hydroxyl groups is 2. The minimum Gasteiger partial charge on any atom is -0.461 e. The normalized spacial score (nSPS) is 53.1. The first-order valence-electron chi connectivity index (χ1n) is 7.10. The Morgan fingerprint density at radius 2 is 2.11 bits per heavy atom. The van der Waals surface area contributed by atoms with Gasteiger partial charge in [0.2, 0.25) is 0 Å². The lowest BCUT2D eigenvalue weighted by atomic mass is 9.72. The molecule has 1 heterocycles. The second-order valence-corrected chi connectivity index (χ2v) is 6.72. The molecule has 0 amide bonds. The van der Waals surface area contributed by atoms with E-state index in [2.05, 4.69) is 0 Å². The maximum atomic E-state index is 11.8. The van der Waals surface area contributed by atoms with Gasteiger partial charge in [0.1, 0.15) is 11.7 Å². The van der Waals surface area contributed by atoms with Crippen LogP contribution in [0.2, 0.25) is 0 Å². The van der Waals surface area contributed by atoms with Crippen LogP contribution in [-0.4, -0.2) is 33.5 Å².